The Morgan fingerprint density at radius 3 is 2.76 bits per heavy atom. The lowest BCUT2D eigenvalue weighted by Crippen LogP contribution is -2.23. The fourth-order valence-electron chi connectivity index (χ4n) is 2.62. The molecule has 0 spiro atoms. The fraction of sp³-hybridized carbons (Fsp3) is 0.167. The van der Waals surface area contributed by atoms with Crippen LogP contribution in [0.2, 0.25) is 0 Å². The number of hydrogen-bond donors (Lipinski definition) is 1. The van der Waals surface area contributed by atoms with Gasteiger partial charge in [0.25, 0.3) is 5.91 Å². The summed E-state index contributed by atoms with van der Waals surface area (Å²) >= 11 is 3.02. The van der Waals surface area contributed by atoms with E-state index in [0.717, 1.165) is 33.3 Å². The number of amides is 1. The summed E-state index contributed by atoms with van der Waals surface area (Å²) in [5.41, 5.74) is 2.80. The molecule has 0 radical (unpaired) electrons. The molecule has 1 amide bonds. The first-order chi connectivity index (χ1) is 12.3. The van der Waals surface area contributed by atoms with Crippen molar-refractivity contribution in [3.63, 3.8) is 0 Å². The van der Waals surface area contributed by atoms with Crippen LogP contribution in [0, 0.1) is 0 Å². The molecular formula is C18H16N4OS2. The van der Waals surface area contributed by atoms with Crippen LogP contribution in [0.25, 0.3) is 16.2 Å². The number of rotatable bonds is 5. The molecular weight excluding hydrogens is 352 g/mol. The number of carbonyl (C=O) groups excluding carboxylic acids is 1. The van der Waals surface area contributed by atoms with E-state index in [9.17, 15) is 4.79 Å². The van der Waals surface area contributed by atoms with Crippen LogP contribution < -0.4 is 5.32 Å². The second kappa shape index (κ2) is 6.78. The van der Waals surface area contributed by atoms with Crippen LogP contribution in [0.5, 0.6) is 0 Å². The van der Waals surface area contributed by atoms with E-state index in [1.54, 1.807) is 11.3 Å². The minimum atomic E-state index is -0.0742. The van der Waals surface area contributed by atoms with Gasteiger partial charge >= 0.3 is 0 Å². The van der Waals surface area contributed by atoms with Gasteiger partial charge in [-0.1, -0.05) is 54.7 Å². The molecule has 0 fully saturated rings. The van der Waals surface area contributed by atoms with E-state index in [4.69, 9.17) is 4.98 Å². The van der Waals surface area contributed by atoms with Crippen molar-refractivity contribution in [1.29, 1.82) is 0 Å². The predicted octanol–water partition coefficient (Wildman–Crippen LogP) is 4.01. The van der Waals surface area contributed by atoms with E-state index in [-0.39, 0.29) is 5.91 Å². The molecule has 0 saturated heterocycles. The van der Waals surface area contributed by atoms with Gasteiger partial charge in [0.1, 0.15) is 5.01 Å². The maximum Gasteiger partial charge on any atom is 0.261 e. The molecule has 0 aliphatic heterocycles. The number of aromatic nitrogens is 3. The maximum absolute atomic E-state index is 12.3. The minimum absolute atomic E-state index is 0.0742. The summed E-state index contributed by atoms with van der Waals surface area (Å²) in [5.74, 6) is -0.0742. The topological polar surface area (TPSA) is 59.3 Å². The summed E-state index contributed by atoms with van der Waals surface area (Å²) in [7, 11) is 0. The quantitative estimate of drug-likeness (QED) is 0.579. The van der Waals surface area contributed by atoms with Crippen molar-refractivity contribution in [3.05, 3.63) is 63.4 Å². The van der Waals surface area contributed by atoms with Crippen LogP contribution in [0.15, 0.2) is 47.8 Å². The molecule has 0 bridgehead atoms. The third-order valence-electron chi connectivity index (χ3n) is 3.85. The van der Waals surface area contributed by atoms with Gasteiger partial charge in [0.05, 0.1) is 22.8 Å². The Bertz CT molecular complexity index is 1000. The Kier molecular flexibility index (Phi) is 4.33. The summed E-state index contributed by atoms with van der Waals surface area (Å²) in [6, 6.07) is 13.7. The number of nitrogens with one attached hydrogen (secondary N) is 1. The summed E-state index contributed by atoms with van der Waals surface area (Å²) in [4.78, 5) is 18.6. The van der Waals surface area contributed by atoms with Crippen LogP contribution in [0.1, 0.15) is 27.3 Å². The zero-order valence-corrected chi connectivity index (χ0v) is 15.2. The highest BCUT2D eigenvalue weighted by molar-refractivity contribution is 7.16. The molecule has 3 aromatic heterocycles. The first kappa shape index (κ1) is 16.0. The Morgan fingerprint density at radius 1 is 1.20 bits per heavy atom. The lowest BCUT2D eigenvalue weighted by molar-refractivity contribution is 0.0954. The second-order valence-corrected chi connectivity index (χ2v) is 7.47. The number of imidazole rings is 1. The molecule has 4 aromatic rings. The molecule has 0 atom stereocenters. The zero-order valence-electron chi connectivity index (χ0n) is 13.6. The SMILES string of the molecule is CCc1nn2c(CNC(=O)c3cccs3)c(-c3ccccc3)nc2s1. The Hall–Kier alpha value is -2.51. The molecule has 1 N–H and O–H groups in total. The summed E-state index contributed by atoms with van der Waals surface area (Å²) in [6.07, 6.45) is 0.871. The molecule has 0 saturated carbocycles. The number of carbonyl (C=O) groups is 1. The number of hydrogen-bond acceptors (Lipinski definition) is 5. The van der Waals surface area contributed by atoms with Gasteiger partial charge in [-0.3, -0.25) is 4.79 Å². The van der Waals surface area contributed by atoms with Crippen molar-refractivity contribution in [2.24, 2.45) is 0 Å². The monoisotopic (exact) mass is 368 g/mol. The number of aryl methyl sites for hydroxylation is 1. The summed E-state index contributed by atoms with van der Waals surface area (Å²) in [6.45, 7) is 2.46. The smallest absolute Gasteiger partial charge is 0.261 e. The first-order valence-electron chi connectivity index (χ1n) is 8.00. The highest BCUT2D eigenvalue weighted by Gasteiger charge is 2.18. The van der Waals surface area contributed by atoms with Crippen LogP contribution in [-0.2, 0) is 13.0 Å². The minimum Gasteiger partial charge on any atom is -0.346 e. The van der Waals surface area contributed by atoms with E-state index in [1.807, 2.05) is 52.4 Å². The molecule has 1 aromatic carbocycles. The normalized spacial score (nSPS) is 11.1. The van der Waals surface area contributed by atoms with Crippen LogP contribution in [0.3, 0.4) is 0 Å². The van der Waals surface area contributed by atoms with E-state index in [2.05, 4.69) is 17.3 Å². The third-order valence-corrected chi connectivity index (χ3v) is 5.77. The van der Waals surface area contributed by atoms with Gasteiger partial charge in [-0.2, -0.15) is 5.10 Å². The molecule has 5 nitrogen and oxygen atoms in total. The molecule has 7 heteroatoms. The molecule has 25 heavy (non-hydrogen) atoms. The van der Waals surface area contributed by atoms with Crippen molar-refractivity contribution < 1.29 is 4.79 Å². The molecule has 0 aliphatic carbocycles. The van der Waals surface area contributed by atoms with Crippen molar-refractivity contribution in [2.75, 3.05) is 0 Å². The predicted molar refractivity (Wildman–Crippen MR) is 101 cm³/mol. The van der Waals surface area contributed by atoms with Gasteiger partial charge in [0.2, 0.25) is 4.96 Å². The summed E-state index contributed by atoms with van der Waals surface area (Å²) in [5, 5.41) is 10.6. The van der Waals surface area contributed by atoms with Crippen LogP contribution >= 0.6 is 22.7 Å². The lowest BCUT2D eigenvalue weighted by Gasteiger charge is -2.06. The van der Waals surface area contributed by atoms with E-state index >= 15 is 0 Å². The van der Waals surface area contributed by atoms with Crippen molar-refractivity contribution in [3.8, 4) is 11.3 Å². The van der Waals surface area contributed by atoms with Crippen molar-refractivity contribution >= 4 is 33.5 Å². The second-order valence-electron chi connectivity index (χ2n) is 5.48. The molecule has 0 aliphatic rings. The Labute approximate surface area is 153 Å². The number of benzene rings is 1. The number of thiophene rings is 1. The Balaban J connectivity index is 1.71. The van der Waals surface area contributed by atoms with E-state index in [0.29, 0.717) is 11.4 Å². The Morgan fingerprint density at radius 2 is 2.04 bits per heavy atom. The number of nitrogens with zero attached hydrogens (tertiary/aromatic N) is 3. The van der Waals surface area contributed by atoms with Gasteiger partial charge in [0.15, 0.2) is 0 Å². The average Bonchev–Trinajstić information content (AvgIpc) is 3.36. The first-order valence-corrected chi connectivity index (χ1v) is 9.70. The highest BCUT2D eigenvalue weighted by atomic mass is 32.1. The third kappa shape index (κ3) is 3.08. The number of fused-ring (bicyclic) bond motifs is 1. The summed E-state index contributed by atoms with van der Waals surface area (Å²) < 4.78 is 1.86. The van der Waals surface area contributed by atoms with Gasteiger partial charge in [-0.05, 0) is 17.9 Å². The van der Waals surface area contributed by atoms with E-state index in [1.165, 1.54) is 11.3 Å². The van der Waals surface area contributed by atoms with Crippen molar-refractivity contribution in [2.45, 2.75) is 19.9 Å². The molecule has 126 valence electrons. The molecule has 3 heterocycles. The van der Waals surface area contributed by atoms with Gasteiger partial charge in [-0.25, -0.2) is 9.50 Å². The van der Waals surface area contributed by atoms with Crippen LogP contribution in [-0.4, -0.2) is 20.5 Å². The molecule has 4 rings (SSSR count). The van der Waals surface area contributed by atoms with Gasteiger partial charge in [0, 0.05) is 5.56 Å². The standard InChI is InChI=1S/C18H16N4OS2/c1-2-15-21-22-13(11-19-17(23)14-9-6-10-24-14)16(20-18(22)25-15)12-7-4-3-5-8-12/h3-10H,2,11H2,1H3,(H,19,23). The van der Waals surface area contributed by atoms with Crippen LogP contribution in [0.4, 0.5) is 0 Å². The van der Waals surface area contributed by atoms with Gasteiger partial charge in [-0.15, -0.1) is 11.3 Å². The maximum atomic E-state index is 12.3. The highest BCUT2D eigenvalue weighted by Crippen LogP contribution is 2.27. The lowest BCUT2D eigenvalue weighted by atomic mass is 10.1. The largest absolute Gasteiger partial charge is 0.346 e. The van der Waals surface area contributed by atoms with Crippen molar-refractivity contribution in [1.82, 2.24) is 19.9 Å². The molecule has 0 unspecified atom stereocenters. The van der Waals surface area contributed by atoms with Gasteiger partial charge < -0.3 is 5.32 Å². The average molecular weight is 368 g/mol. The zero-order chi connectivity index (χ0) is 17.2. The fourth-order valence-corrected chi connectivity index (χ4v) is 4.11. The van der Waals surface area contributed by atoms with E-state index < -0.39 is 0 Å².